The van der Waals surface area contributed by atoms with Gasteiger partial charge in [-0.05, 0) is 18.6 Å². The molecular weight excluding hydrogens is 276 g/mol. The van der Waals surface area contributed by atoms with Crippen molar-refractivity contribution in [2.75, 3.05) is 0 Å². The van der Waals surface area contributed by atoms with E-state index in [0.717, 1.165) is 5.56 Å². The molecule has 21 heavy (non-hydrogen) atoms. The van der Waals surface area contributed by atoms with E-state index in [4.69, 9.17) is 9.47 Å². The van der Waals surface area contributed by atoms with Crippen LogP contribution >= 0.6 is 0 Å². The van der Waals surface area contributed by atoms with Gasteiger partial charge in [-0.15, -0.1) is 0 Å². The van der Waals surface area contributed by atoms with Gasteiger partial charge in [-0.2, -0.15) is 0 Å². The number of carbonyl (C=O) groups excluding carboxylic acids is 1. The predicted octanol–water partition coefficient (Wildman–Crippen LogP) is 0.0705. The minimum atomic E-state index is -1.50. The number of rotatable bonds is 3. The van der Waals surface area contributed by atoms with Crippen molar-refractivity contribution in [2.45, 2.75) is 37.6 Å². The van der Waals surface area contributed by atoms with Crippen molar-refractivity contribution in [3.05, 3.63) is 42.0 Å². The second kappa shape index (κ2) is 6.82. The summed E-state index contributed by atoms with van der Waals surface area (Å²) in [7, 11) is 0. The lowest BCUT2D eigenvalue weighted by molar-refractivity contribution is -0.283. The summed E-state index contributed by atoms with van der Waals surface area (Å²) in [6.07, 6.45) is -3.45. The van der Waals surface area contributed by atoms with Crippen LogP contribution in [0.25, 0.3) is 6.08 Å². The first-order valence-electron chi connectivity index (χ1n) is 6.62. The van der Waals surface area contributed by atoms with Gasteiger partial charge in [-0.3, -0.25) is 0 Å². The van der Waals surface area contributed by atoms with E-state index in [1.807, 2.05) is 30.3 Å². The van der Waals surface area contributed by atoms with E-state index in [-0.39, 0.29) is 0 Å². The molecule has 5 atom stereocenters. The van der Waals surface area contributed by atoms with Gasteiger partial charge in [0.15, 0.2) is 0 Å². The Balaban J connectivity index is 1.95. The minimum absolute atomic E-state index is 0.710. The lowest BCUT2D eigenvalue weighted by Crippen LogP contribution is -2.57. The summed E-state index contributed by atoms with van der Waals surface area (Å²) in [6.45, 7) is 1.51. The van der Waals surface area contributed by atoms with Gasteiger partial charge in [0, 0.05) is 6.08 Å². The van der Waals surface area contributed by atoms with Gasteiger partial charge >= 0.3 is 5.97 Å². The monoisotopic (exact) mass is 294 g/mol. The molecule has 1 aliphatic rings. The summed E-state index contributed by atoms with van der Waals surface area (Å²) in [5.41, 5.74) is 0.823. The maximum absolute atomic E-state index is 11.7. The molecule has 0 saturated carbocycles. The molecule has 0 bridgehead atoms. The van der Waals surface area contributed by atoms with Gasteiger partial charge in [-0.25, -0.2) is 4.79 Å². The lowest BCUT2D eigenvalue weighted by Gasteiger charge is -2.38. The van der Waals surface area contributed by atoms with Crippen molar-refractivity contribution in [1.29, 1.82) is 0 Å². The van der Waals surface area contributed by atoms with Crippen LogP contribution < -0.4 is 0 Å². The number of benzene rings is 1. The number of esters is 1. The molecule has 6 nitrogen and oxygen atoms in total. The minimum Gasteiger partial charge on any atom is -0.430 e. The second-order valence-corrected chi connectivity index (χ2v) is 4.86. The average Bonchev–Trinajstić information content (AvgIpc) is 2.49. The van der Waals surface area contributed by atoms with Crippen LogP contribution in [0, 0.1) is 0 Å². The van der Waals surface area contributed by atoms with Crippen LogP contribution in [0.2, 0.25) is 0 Å². The largest absolute Gasteiger partial charge is 0.430 e. The molecule has 1 fully saturated rings. The Kier molecular flexibility index (Phi) is 5.08. The number of hydrogen-bond donors (Lipinski definition) is 3. The first-order chi connectivity index (χ1) is 9.99. The molecule has 0 spiro atoms. The quantitative estimate of drug-likeness (QED) is 0.539. The first-order valence-corrected chi connectivity index (χ1v) is 6.62. The maximum Gasteiger partial charge on any atom is 0.333 e. The summed E-state index contributed by atoms with van der Waals surface area (Å²) >= 11 is 0. The standard InChI is InChI=1S/C15H18O6/c1-9-12(17)13(18)14(19)15(20-9)21-11(16)8-7-10-5-3-2-4-6-10/h2-9,12-15,17-19H,1H3/b8-7+/t9-,12-,13+,14+,15-/m0/s1. The zero-order valence-corrected chi connectivity index (χ0v) is 11.5. The zero-order chi connectivity index (χ0) is 15.4. The van der Waals surface area contributed by atoms with Crippen molar-refractivity contribution >= 4 is 12.0 Å². The van der Waals surface area contributed by atoms with Crippen LogP contribution in [0.3, 0.4) is 0 Å². The number of hydrogen-bond acceptors (Lipinski definition) is 6. The fourth-order valence-electron chi connectivity index (χ4n) is 1.99. The van der Waals surface area contributed by atoms with Crippen molar-refractivity contribution in [2.24, 2.45) is 0 Å². The Morgan fingerprint density at radius 2 is 1.81 bits per heavy atom. The highest BCUT2D eigenvalue weighted by atomic mass is 16.7. The molecule has 0 aromatic heterocycles. The predicted molar refractivity (Wildman–Crippen MR) is 73.9 cm³/mol. The van der Waals surface area contributed by atoms with E-state index < -0.39 is 36.7 Å². The number of aliphatic hydroxyl groups excluding tert-OH is 3. The van der Waals surface area contributed by atoms with Gasteiger partial charge < -0.3 is 24.8 Å². The summed E-state index contributed by atoms with van der Waals surface area (Å²) in [6, 6.07) is 9.16. The fourth-order valence-corrected chi connectivity index (χ4v) is 1.99. The molecule has 6 heteroatoms. The molecule has 3 N–H and O–H groups in total. The zero-order valence-electron chi connectivity index (χ0n) is 11.5. The normalized spacial score (nSPS) is 33.0. The SMILES string of the molecule is C[C@@H]1O[C@@H](OC(=O)/C=C/c2ccccc2)[C@H](O)[C@H](O)[C@H]1O. The van der Waals surface area contributed by atoms with Gasteiger partial charge in [0.05, 0.1) is 6.10 Å². The van der Waals surface area contributed by atoms with Crippen molar-refractivity contribution in [3.8, 4) is 0 Å². The molecule has 0 aliphatic carbocycles. The van der Waals surface area contributed by atoms with Crippen LogP contribution in [-0.4, -0.2) is 52.0 Å². The van der Waals surface area contributed by atoms with E-state index in [2.05, 4.69) is 0 Å². The Labute approximate surface area is 122 Å². The van der Waals surface area contributed by atoms with Gasteiger partial charge in [0.25, 0.3) is 0 Å². The van der Waals surface area contributed by atoms with Crippen molar-refractivity contribution in [3.63, 3.8) is 0 Å². The third-order valence-electron chi connectivity index (χ3n) is 3.25. The van der Waals surface area contributed by atoms with Gasteiger partial charge in [0.2, 0.25) is 6.29 Å². The maximum atomic E-state index is 11.7. The third-order valence-corrected chi connectivity index (χ3v) is 3.25. The first kappa shape index (κ1) is 15.7. The van der Waals surface area contributed by atoms with Crippen LogP contribution in [0.4, 0.5) is 0 Å². The summed E-state index contributed by atoms with van der Waals surface area (Å²) < 4.78 is 10.1. The molecule has 0 amide bonds. The highest BCUT2D eigenvalue weighted by Gasteiger charge is 2.43. The Hall–Kier alpha value is -1.73. The van der Waals surface area contributed by atoms with E-state index in [0.29, 0.717) is 0 Å². The third kappa shape index (κ3) is 3.89. The van der Waals surface area contributed by atoms with Gasteiger partial charge in [-0.1, -0.05) is 30.3 Å². The smallest absolute Gasteiger partial charge is 0.333 e. The van der Waals surface area contributed by atoms with Crippen LogP contribution in [0.5, 0.6) is 0 Å². The van der Waals surface area contributed by atoms with Crippen molar-refractivity contribution < 1.29 is 29.6 Å². The van der Waals surface area contributed by atoms with E-state index >= 15 is 0 Å². The molecule has 0 radical (unpaired) electrons. The fraction of sp³-hybridized carbons (Fsp3) is 0.400. The Bertz CT molecular complexity index is 500. The van der Waals surface area contributed by atoms with E-state index in [1.165, 1.54) is 13.0 Å². The summed E-state index contributed by atoms with van der Waals surface area (Å²) in [5, 5.41) is 28.9. The molecule has 1 aliphatic heterocycles. The molecule has 1 heterocycles. The molecule has 1 aromatic rings. The van der Waals surface area contributed by atoms with Crippen molar-refractivity contribution in [1.82, 2.24) is 0 Å². The Morgan fingerprint density at radius 3 is 2.48 bits per heavy atom. The molecule has 114 valence electrons. The molecule has 2 rings (SSSR count). The Morgan fingerprint density at radius 1 is 1.14 bits per heavy atom. The molecular formula is C15H18O6. The highest BCUT2D eigenvalue weighted by Crippen LogP contribution is 2.21. The van der Waals surface area contributed by atoms with E-state index in [9.17, 15) is 20.1 Å². The summed E-state index contributed by atoms with van der Waals surface area (Å²) in [5.74, 6) is -0.710. The molecule has 0 unspecified atom stereocenters. The van der Waals surface area contributed by atoms with Crippen LogP contribution in [0.15, 0.2) is 36.4 Å². The average molecular weight is 294 g/mol. The number of ether oxygens (including phenoxy) is 2. The van der Waals surface area contributed by atoms with E-state index in [1.54, 1.807) is 6.08 Å². The van der Waals surface area contributed by atoms with Crippen LogP contribution in [0.1, 0.15) is 12.5 Å². The van der Waals surface area contributed by atoms with Crippen LogP contribution in [-0.2, 0) is 14.3 Å². The molecule has 1 aromatic carbocycles. The highest BCUT2D eigenvalue weighted by molar-refractivity contribution is 5.87. The number of aliphatic hydroxyl groups is 3. The van der Waals surface area contributed by atoms with Gasteiger partial charge in [0.1, 0.15) is 18.3 Å². The lowest BCUT2D eigenvalue weighted by atomic mass is 10.0. The topological polar surface area (TPSA) is 96.2 Å². The number of carbonyl (C=O) groups is 1. The second-order valence-electron chi connectivity index (χ2n) is 4.86. The summed E-state index contributed by atoms with van der Waals surface area (Å²) in [4.78, 5) is 11.7. The molecule has 1 saturated heterocycles.